The van der Waals surface area contributed by atoms with E-state index in [4.69, 9.17) is 9.47 Å². The van der Waals surface area contributed by atoms with Crippen LogP contribution in [0.15, 0.2) is 0 Å². The largest absolute Gasteiger partial charge is 0.493 e. The van der Waals surface area contributed by atoms with Crippen molar-refractivity contribution >= 4 is 31.9 Å². The molecule has 0 saturated heterocycles. The van der Waals surface area contributed by atoms with Gasteiger partial charge >= 0.3 is 0 Å². The third kappa shape index (κ3) is 10.7. The van der Waals surface area contributed by atoms with Crippen molar-refractivity contribution in [1.29, 1.82) is 0 Å². The van der Waals surface area contributed by atoms with Gasteiger partial charge in [0.15, 0.2) is 0 Å². The highest BCUT2D eigenvalue weighted by Gasteiger charge is 2.34. The maximum absolute atomic E-state index is 6.81. The molecular weight excluding hydrogens is 588 g/mol. The summed E-state index contributed by atoms with van der Waals surface area (Å²) >= 11 is 7.22. The molecule has 0 fully saturated rings. The van der Waals surface area contributed by atoms with Gasteiger partial charge in [0.2, 0.25) is 0 Å². The van der Waals surface area contributed by atoms with Crippen molar-refractivity contribution in [3.8, 4) is 11.5 Å². The monoisotopic (exact) mass is 642 g/mol. The fraction of sp³-hybridized carbons (Fsp3) is 0.818. The van der Waals surface area contributed by atoms with Crippen LogP contribution < -0.4 is 9.47 Å². The van der Waals surface area contributed by atoms with Gasteiger partial charge in [0.1, 0.15) is 17.1 Å². The zero-order chi connectivity index (χ0) is 27.6. The summed E-state index contributed by atoms with van der Waals surface area (Å²) in [4.78, 5) is 0.446. The Hall–Kier alpha value is -0.220. The molecular formula is C33H56Br2O2. The SMILES string of the molecule is Cc1c(C)c2c(c(C)c1OCCC(Br)CBr)CC[C@@](C)(CCC[C@H](C)CCC[C@H](C)CCCC(C)C)O2. The van der Waals surface area contributed by atoms with Gasteiger partial charge < -0.3 is 9.47 Å². The summed E-state index contributed by atoms with van der Waals surface area (Å²) in [5, 5.41) is 0.945. The number of alkyl halides is 2. The average Bonchev–Trinajstić information content (AvgIpc) is 2.84. The quantitative estimate of drug-likeness (QED) is 0.157. The van der Waals surface area contributed by atoms with Crippen molar-refractivity contribution in [2.45, 2.75) is 143 Å². The first-order valence-electron chi connectivity index (χ1n) is 15.1. The third-order valence-corrected chi connectivity index (χ3v) is 11.1. The molecule has 0 amide bonds. The molecule has 4 atom stereocenters. The Morgan fingerprint density at radius 2 is 1.43 bits per heavy atom. The minimum atomic E-state index is -0.0529. The zero-order valence-electron chi connectivity index (χ0n) is 25.3. The van der Waals surface area contributed by atoms with E-state index in [0.717, 1.165) is 66.9 Å². The minimum Gasteiger partial charge on any atom is -0.493 e. The van der Waals surface area contributed by atoms with E-state index in [0.29, 0.717) is 4.83 Å². The van der Waals surface area contributed by atoms with Crippen LogP contribution in [0.1, 0.15) is 128 Å². The molecule has 1 aromatic carbocycles. The predicted molar refractivity (Wildman–Crippen MR) is 169 cm³/mol. The molecule has 0 saturated carbocycles. The molecule has 4 heteroatoms. The first-order valence-corrected chi connectivity index (χ1v) is 17.2. The van der Waals surface area contributed by atoms with Crippen LogP contribution in [0.3, 0.4) is 0 Å². The summed E-state index contributed by atoms with van der Waals surface area (Å²) in [6, 6.07) is 0. The number of hydrogen-bond donors (Lipinski definition) is 0. The molecule has 0 bridgehead atoms. The topological polar surface area (TPSA) is 18.5 Å². The maximum Gasteiger partial charge on any atom is 0.127 e. The molecule has 0 spiro atoms. The molecule has 1 heterocycles. The van der Waals surface area contributed by atoms with Gasteiger partial charge in [0, 0.05) is 15.7 Å². The van der Waals surface area contributed by atoms with Gasteiger partial charge in [0.05, 0.1) is 6.61 Å². The fourth-order valence-corrected chi connectivity index (χ4v) is 6.35. The lowest BCUT2D eigenvalue weighted by molar-refractivity contribution is 0.0511. The highest BCUT2D eigenvalue weighted by molar-refractivity contribution is 9.12. The van der Waals surface area contributed by atoms with Crippen LogP contribution in [0.5, 0.6) is 11.5 Å². The Labute approximate surface area is 246 Å². The molecule has 1 aromatic rings. The van der Waals surface area contributed by atoms with Crippen molar-refractivity contribution in [2.75, 3.05) is 11.9 Å². The first kappa shape index (κ1) is 33.0. The second-order valence-corrected chi connectivity index (χ2v) is 14.8. The lowest BCUT2D eigenvalue weighted by atomic mass is 9.83. The normalized spacial score (nSPS) is 19.9. The molecule has 0 aromatic heterocycles. The summed E-state index contributed by atoms with van der Waals surface area (Å²) in [6.07, 6.45) is 15.3. The molecule has 1 unspecified atom stereocenters. The molecule has 214 valence electrons. The summed E-state index contributed by atoms with van der Waals surface area (Å²) in [7, 11) is 0. The molecule has 0 N–H and O–H groups in total. The summed E-state index contributed by atoms with van der Waals surface area (Å²) in [5.74, 6) is 4.75. The van der Waals surface area contributed by atoms with Crippen molar-refractivity contribution in [3.63, 3.8) is 0 Å². The van der Waals surface area contributed by atoms with Gasteiger partial charge in [-0.25, -0.2) is 0 Å². The van der Waals surface area contributed by atoms with E-state index in [1.165, 1.54) is 73.6 Å². The van der Waals surface area contributed by atoms with Crippen LogP contribution in [-0.2, 0) is 6.42 Å². The Morgan fingerprint density at radius 1 is 0.838 bits per heavy atom. The second-order valence-electron chi connectivity index (χ2n) is 12.8. The zero-order valence-corrected chi connectivity index (χ0v) is 28.5. The van der Waals surface area contributed by atoms with Crippen molar-refractivity contribution in [2.24, 2.45) is 17.8 Å². The molecule has 1 aliphatic heterocycles. The van der Waals surface area contributed by atoms with E-state index in [-0.39, 0.29) is 5.60 Å². The van der Waals surface area contributed by atoms with Crippen molar-refractivity contribution < 1.29 is 9.47 Å². The van der Waals surface area contributed by atoms with E-state index in [1.807, 2.05) is 0 Å². The lowest BCUT2D eigenvalue weighted by Gasteiger charge is -2.38. The highest BCUT2D eigenvalue weighted by Crippen LogP contribution is 2.45. The Balaban J connectivity index is 1.83. The Kier molecular flexibility index (Phi) is 14.4. The summed E-state index contributed by atoms with van der Waals surface area (Å²) in [6.45, 7) is 19.3. The highest BCUT2D eigenvalue weighted by atomic mass is 79.9. The molecule has 1 aliphatic rings. The summed E-state index contributed by atoms with van der Waals surface area (Å²) in [5.41, 5.74) is 5.08. The summed E-state index contributed by atoms with van der Waals surface area (Å²) < 4.78 is 13.1. The van der Waals surface area contributed by atoms with Crippen LogP contribution in [0, 0.1) is 38.5 Å². The van der Waals surface area contributed by atoms with Gasteiger partial charge in [-0.3, -0.25) is 0 Å². The molecule has 0 radical (unpaired) electrons. The standard InChI is InChI=1S/C33H56Br2O2/c1-23(2)12-9-13-24(3)14-10-15-25(4)16-11-19-33(8)20-17-30-28(7)31(36-21-18-29(35)22-34)26(5)27(6)32(30)37-33/h23-25,29H,9-22H2,1-8H3/t24-,25-,29?,33-/m1/s1. The molecule has 37 heavy (non-hydrogen) atoms. The van der Waals surface area contributed by atoms with Crippen molar-refractivity contribution in [1.82, 2.24) is 0 Å². The van der Waals surface area contributed by atoms with Crippen LogP contribution in [0.25, 0.3) is 0 Å². The van der Waals surface area contributed by atoms with E-state index in [1.54, 1.807) is 0 Å². The maximum atomic E-state index is 6.81. The average molecular weight is 645 g/mol. The first-order chi connectivity index (χ1) is 17.5. The number of rotatable bonds is 17. The van der Waals surface area contributed by atoms with Crippen LogP contribution in [0.2, 0.25) is 0 Å². The van der Waals surface area contributed by atoms with Gasteiger partial charge in [0.25, 0.3) is 0 Å². The van der Waals surface area contributed by atoms with Crippen LogP contribution in [-0.4, -0.2) is 22.4 Å². The number of benzene rings is 1. The Bertz CT molecular complexity index is 821. The number of hydrogen-bond acceptors (Lipinski definition) is 2. The number of ether oxygens (including phenoxy) is 2. The van der Waals surface area contributed by atoms with E-state index >= 15 is 0 Å². The van der Waals surface area contributed by atoms with E-state index < -0.39 is 0 Å². The van der Waals surface area contributed by atoms with Gasteiger partial charge in [-0.15, -0.1) is 0 Å². The predicted octanol–water partition coefficient (Wildman–Crippen LogP) is 11.1. The van der Waals surface area contributed by atoms with Crippen molar-refractivity contribution in [3.05, 3.63) is 22.3 Å². The van der Waals surface area contributed by atoms with Gasteiger partial charge in [-0.2, -0.15) is 0 Å². The molecule has 0 aliphatic carbocycles. The van der Waals surface area contributed by atoms with E-state index in [9.17, 15) is 0 Å². The smallest absolute Gasteiger partial charge is 0.127 e. The number of halogens is 2. The third-order valence-electron chi connectivity index (χ3n) is 8.68. The minimum absolute atomic E-state index is 0.0529. The second kappa shape index (κ2) is 16.1. The van der Waals surface area contributed by atoms with Crippen LogP contribution >= 0.6 is 31.9 Å². The number of fused-ring (bicyclic) bond motifs is 1. The van der Waals surface area contributed by atoms with Crippen LogP contribution in [0.4, 0.5) is 0 Å². The van der Waals surface area contributed by atoms with Gasteiger partial charge in [-0.05, 0) is 94.2 Å². The Morgan fingerprint density at radius 3 is 2.03 bits per heavy atom. The molecule has 2 nitrogen and oxygen atoms in total. The lowest BCUT2D eigenvalue weighted by Crippen LogP contribution is -2.37. The fourth-order valence-electron chi connectivity index (χ4n) is 5.84. The molecule has 2 rings (SSSR count). The van der Waals surface area contributed by atoms with Gasteiger partial charge in [-0.1, -0.05) is 105 Å². The van der Waals surface area contributed by atoms with E-state index in [2.05, 4.69) is 87.2 Å².